The largest absolute Gasteiger partial charge is 0.508 e. The molecule has 0 saturated heterocycles. The topological polar surface area (TPSA) is 60.9 Å². The number of aromatic hydroxyl groups is 1. The Hall–Kier alpha value is -1.52. The van der Waals surface area contributed by atoms with Crippen molar-refractivity contribution in [3.63, 3.8) is 0 Å². The molecule has 17 heavy (non-hydrogen) atoms. The van der Waals surface area contributed by atoms with E-state index in [1.54, 1.807) is 24.4 Å². The average Bonchev–Trinajstić information content (AvgIpc) is 2.81. The molecule has 0 fully saturated rings. The monoisotopic (exact) mass is 251 g/mol. The van der Waals surface area contributed by atoms with Crippen LogP contribution in [0.2, 0.25) is 5.02 Å². The number of halogens is 1. The standard InChI is InChI=1S/C12H14ClN3O/c1-8(9-5-15-16-6-9)14-7-10-11(13)3-2-4-12(10)17/h2-6,8,14,17H,7H2,1H3,(H,15,16). The Bertz CT molecular complexity index is 464. The van der Waals surface area contributed by atoms with E-state index in [1.165, 1.54) is 0 Å². The molecule has 1 atom stereocenters. The summed E-state index contributed by atoms with van der Waals surface area (Å²) < 4.78 is 0. The van der Waals surface area contributed by atoms with E-state index in [9.17, 15) is 5.11 Å². The number of nitrogens with zero attached hydrogens (tertiary/aromatic N) is 1. The summed E-state index contributed by atoms with van der Waals surface area (Å²) in [6.45, 7) is 2.54. The van der Waals surface area contributed by atoms with Gasteiger partial charge in [-0.1, -0.05) is 17.7 Å². The van der Waals surface area contributed by atoms with Crippen LogP contribution >= 0.6 is 11.6 Å². The van der Waals surface area contributed by atoms with Crippen LogP contribution in [0.5, 0.6) is 5.75 Å². The van der Waals surface area contributed by atoms with E-state index in [0.29, 0.717) is 17.1 Å². The van der Waals surface area contributed by atoms with Gasteiger partial charge in [0.1, 0.15) is 5.75 Å². The Morgan fingerprint density at radius 1 is 1.53 bits per heavy atom. The highest BCUT2D eigenvalue weighted by molar-refractivity contribution is 6.31. The molecule has 90 valence electrons. The molecule has 2 aromatic rings. The van der Waals surface area contributed by atoms with Crippen LogP contribution in [-0.2, 0) is 6.54 Å². The van der Waals surface area contributed by atoms with E-state index in [0.717, 1.165) is 5.56 Å². The summed E-state index contributed by atoms with van der Waals surface area (Å²) in [4.78, 5) is 0. The van der Waals surface area contributed by atoms with Gasteiger partial charge in [-0.05, 0) is 19.1 Å². The van der Waals surface area contributed by atoms with Crippen LogP contribution in [0.4, 0.5) is 0 Å². The van der Waals surface area contributed by atoms with Gasteiger partial charge in [0.15, 0.2) is 0 Å². The third kappa shape index (κ3) is 2.78. The van der Waals surface area contributed by atoms with Crippen LogP contribution in [0.15, 0.2) is 30.6 Å². The zero-order chi connectivity index (χ0) is 12.3. The van der Waals surface area contributed by atoms with E-state index in [1.807, 2.05) is 13.1 Å². The number of H-pyrrole nitrogens is 1. The summed E-state index contributed by atoms with van der Waals surface area (Å²) in [7, 11) is 0. The summed E-state index contributed by atoms with van der Waals surface area (Å²) in [5.41, 5.74) is 1.78. The van der Waals surface area contributed by atoms with Crippen molar-refractivity contribution in [3.05, 3.63) is 46.7 Å². The van der Waals surface area contributed by atoms with Crippen molar-refractivity contribution in [2.75, 3.05) is 0 Å². The predicted molar refractivity (Wildman–Crippen MR) is 67.0 cm³/mol. The highest BCUT2D eigenvalue weighted by Gasteiger charge is 2.09. The summed E-state index contributed by atoms with van der Waals surface area (Å²) in [6, 6.07) is 5.26. The van der Waals surface area contributed by atoms with E-state index in [2.05, 4.69) is 15.5 Å². The molecule has 0 amide bonds. The molecular weight excluding hydrogens is 238 g/mol. The first-order valence-electron chi connectivity index (χ1n) is 5.37. The lowest BCUT2D eigenvalue weighted by Gasteiger charge is -2.13. The Morgan fingerprint density at radius 3 is 3.00 bits per heavy atom. The van der Waals surface area contributed by atoms with Gasteiger partial charge in [0.2, 0.25) is 0 Å². The first-order chi connectivity index (χ1) is 8.18. The van der Waals surface area contributed by atoms with Crippen molar-refractivity contribution in [3.8, 4) is 5.75 Å². The molecule has 0 saturated carbocycles. The molecule has 1 heterocycles. The molecule has 1 unspecified atom stereocenters. The minimum atomic E-state index is 0.143. The van der Waals surface area contributed by atoms with Crippen molar-refractivity contribution in [2.45, 2.75) is 19.5 Å². The molecule has 5 heteroatoms. The number of benzene rings is 1. The lowest BCUT2D eigenvalue weighted by atomic mass is 10.1. The second-order valence-electron chi connectivity index (χ2n) is 3.87. The maximum Gasteiger partial charge on any atom is 0.121 e. The van der Waals surface area contributed by atoms with Crippen LogP contribution in [0.3, 0.4) is 0 Å². The van der Waals surface area contributed by atoms with E-state index in [-0.39, 0.29) is 11.8 Å². The van der Waals surface area contributed by atoms with Gasteiger partial charge < -0.3 is 10.4 Å². The molecule has 2 rings (SSSR count). The van der Waals surface area contributed by atoms with Crippen molar-refractivity contribution in [1.82, 2.24) is 15.5 Å². The first-order valence-corrected chi connectivity index (χ1v) is 5.74. The van der Waals surface area contributed by atoms with Gasteiger partial charge in [-0.15, -0.1) is 0 Å². The Kier molecular flexibility index (Phi) is 3.66. The van der Waals surface area contributed by atoms with E-state index < -0.39 is 0 Å². The van der Waals surface area contributed by atoms with Crippen molar-refractivity contribution >= 4 is 11.6 Å². The molecule has 0 radical (unpaired) electrons. The number of hydrogen-bond acceptors (Lipinski definition) is 3. The minimum absolute atomic E-state index is 0.143. The Balaban J connectivity index is 2.03. The maximum absolute atomic E-state index is 9.69. The molecule has 0 spiro atoms. The number of phenolic OH excluding ortho intramolecular Hbond substituents is 1. The van der Waals surface area contributed by atoms with Gasteiger partial charge in [-0.3, -0.25) is 5.10 Å². The summed E-state index contributed by atoms with van der Waals surface area (Å²) in [6.07, 6.45) is 3.61. The summed E-state index contributed by atoms with van der Waals surface area (Å²) in [5, 5.41) is 20.2. The van der Waals surface area contributed by atoms with Crippen molar-refractivity contribution in [1.29, 1.82) is 0 Å². The predicted octanol–water partition coefficient (Wildman–Crippen LogP) is 2.62. The number of rotatable bonds is 4. The Labute approximate surface area is 105 Å². The number of aromatic nitrogens is 2. The highest BCUT2D eigenvalue weighted by Crippen LogP contribution is 2.25. The molecular formula is C12H14ClN3O. The van der Waals surface area contributed by atoms with Gasteiger partial charge in [0, 0.05) is 34.9 Å². The molecule has 0 aliphatic carbocycles. The quantitative estimate of drug-likeness (QED) is 0.783. The van der Waals surface area contributed by atoms with Gasteiger partial charge >= 0.3 is 0 Å². The summed E-state index contributed by atoms with van der Waals surface area (Å²) >= 11 is 6.02. The van der Waals surface area contributed by atoms with Gasteiger partial charge in [-0.2, -0.15) is 5.10 Å². The number of aromatic amines is 1. The van der Waals surface area contributed by atoms with E-state index in [4.69, 9.17) is 11.6 Å². The summed E-state index contributed by atoms with van der Waals surface area (Å²) in [5.74, 6) is 0.212. The minimum Gasteiger partial charge on any atom is -0.508 e. The van der Waals surface area contributed by atoms with Crippen LogP contribution in [0.25, 0.3) is 0 Å². The second kappa shape index (κ2) is 5.21. The molecule has 1 aromatic heterocycles. The number of phenols is 1. The van der Waals surface area contributed by atoms with Crippen LogP contribution in [-0.4, -0.2) is 15.3 Å². The van der Waals surface area contributed by atoms with Crippen molar-refractivity contribution < 1.29 is 5.11 Å². The lowest BCUT2D eigenvalue weighted by molar-refractivity contribution is 0.460. The van der Waals surface area contributed by atoms with Crippen LogP contribution in [0, 0.1) is 0 Å². The lowest BCUT2D eigenvalue weighted by Crippen LogP contribution is -2.17. The van der Waals surface area contributed by atoms with Crippen LogP contribution < -0.4 is 5.32 Å². The second-order valence-corrected chi connectivity index (χ2v) is 4.28. The van der Waals surface area contributed by atoms with Crippen LogP contribution in [0.1, 0.15) is 24.1 Å². The van der Waals surface area contributed by atoms with Gasteiger partial charge in [0.25, 0.3) is 0 Å². The number of hydrogen-bond donors (Lipinski definition) is 3. The van der Waals surface area contributed by atoms with Gasteiger partial charge in [0.05, 0.1) is 6.20 Å². The first kappa shape index (κ1) is 12.0. The molecule has 0 aliphatic heterocycles. The zero-order valence-corrected chi connectivity index (χ0v) is 10.2. The van der Waals surface area contributed by atoms with Gasteiger partial charge in [-0.25, -0.2) is 0 Å². The smallest absolute Gasteiger partial charge is 0.121 e. The average molecular weight is 252 g/mol. The third-order valence-electron chi connectivity index (χ3n) is 2.70. The zero-order valence-electron chi connectivity index (χ0n) is 9.44. The Morgan fingerprint density at radius 2 is 2.35 bits per heavy atom. The molecule has 1 aromatic carbocycles. The fourth-order valence-electron chi connectivity index (χ4n) is 1.59. The third-order valence-corrected chi connectivity index (χ3v) is 3.05. The normalized spacial score (nSPS) is 12.6. The SMILES string of the molecule is CC(NCc1c(O)cccc1Cl)c1cn[nH]c1. The van der Waals surface area contributed by atoms with E-state index >= 15 is 0 Å². The molecule has 0 aliphatic rings. The number of nitrogens with one attached hydrogen (secondary N) is 2. The molecule has 3 N–H and O–H groups in total. The molecule has 4 nitrogen and oxygen atoms in total. The highest BCUT2D eigenvalue weighted by atomic mass is 35.5. The molecule has 0 bridgehead atoms. The van der Waals surface area contributed by atoms with Crippen molar-refractivity contribution in [2.24, 2.45) is 0 Å². The fourth-order valence-corrected chi connectivity index (χ4v) is 1.83. The fraction of sp³-hybridized carbons (Fsp3) is 0.250. The maximum atomic E-state index is 9.69.